The quantitative estimate of drug-likeness (QED) is 0.853. The van der Waals surface area contributed by atoms with Crippen molar-refractivity contribution in [1.29, 1.82) is 0 Å². The number of rotatable bonds is 4. The average molecular weight is 246 g/mol. The van der Waals surface area contributed by atoms with E-state index in [1.165, 1.54) is 22.3 Å². The minimum atomic E-state index is -0.256. The minimum Gasteiger partial charge on any atom is -0.351 e. The molecule has 1 saturated carbocycles. The molecule has 0 heterocycles. The van der Waals surface area contributed by atoms with E-state index in [0.29, 0.717) is 13.1 Å². The first-order valence-corrected chi connectivity index (χ1v) is 6.53. The van der Waals surface area contributed by atoms with Crippen LogP contribution in [0.5, 0.6) is 0 Å². The molecule has 18 heavy (non-hydrogen) atoms. The molecule has 0 bridgehead atoms. The SMILES string of the molecule is Cc1cc(C)c(CNC(=O)C2(CN)CC2)cc1C. The first kappa shape index (κ1) is 13.1. The second-order valence-electron chi connectivity index (χ2n) is 5.53. The van der Waals surface area contributed by atoms with Gasteiger partial charge in [-0.2, -0.15) is 0 Å². The molecule has 3 N–H and O–H groups in total. The second-order valence-corrected chi connectivity index (χ2v) is 5.53. The maximum absolute atomic E-state index is 12.0. The van der Waals surface area contributed by atoms with E-state index in [0.717, 1.165) is 12.8 Å². The summed E-state index contributed by atoms with van der Waals surface area (Å²) in [5.41, 5.74) is 10.4. The van der Waals surface area contributed by atoms with E-state index >= 15 is 0 Å². The molecular weight excluding hydrogens is 224 g/mol. The van der Waals surface area contributed by atoms with E-state index in [2.05, 4.69) is 38.2 Å². The van der Waals surface area contributed by atoms with Crippen LogP contribution in [0.15, 0.2) is 12.1 Å². The largest absolute Gasteiger partial charge is 0.351 e. The summed E-state index contributed by atoms with van der Waals surface area (Å²) < 4.78 is 0. The van der Waals surface area contributed by atoms with Crippen molar-refractivity contribution in [3.05, 3.63) is 34.4 Å². The van der Waals surface area contributed by atoms with Crippen LogP contribution >= 0.6 is 0 Å². The van der Waals surface area contributed by atoms with Gasteiger partial charge in [-0.1, -0.05) is 12.1 Å². The average Bonchev–Trinajstić information content (AvgIpc) is 3.12. The number of hydrogen-bond donors (Lipinski definition) is 2. The van der Waals surface area contributed by atoms with Gasteiger partial charge in [-0.15, -0.1) is 0 Å². The van der Waals surface area contributed by atoms with Gasteiger partial charge >= 0.3 is 0 Å². The zero-order chi connectivity index (χ0) is 13.3. The Morgan fingerprint density at radius 1 is 1.22 bits per heavy atom. The fourth-order valence-corrected chi connectivity index (χ4v) is 2.25. The molecule has 3 nitrogen and oxygen atoms in total. The maximum Gasteiger partial charge on any atom is 0.227 e. The predicted octanol–water partition coefficient (Wildman–Crippen LogP) is 1.97. The molecule has 1 fully saturated rings. The smallest absolute Gasteiger partial charge is 0.227 e. The van der Waals surface area contributed by atoms with Gasteiger partial charge in [-0.05, 0) is 55.9 Å². The Hall–Kier alpha value is -1.35. The van der Waals surface area contributed by atoms with Crippen molar-refractivity contribution < 1.29 is 4.79 Å². The molecule has 2 rings (SSSR count). The van der Waals surface area contributed by atoms with Crippen molar-refractivity contribution in [1.82, 2.24) is 5.32 Å². The molecule has 1 aromatic rings. The van der Waals surface area contributed by atoms with Crippen LogP contribution in [0.25, 0.3) is 0 Å². The number of carbonyl (C=O) groups is 1. The standard InChI is InChI=1S/C15H22N2O/c1-10-6-12(3)13(7-11(10)2)8-17-14(18)15(9-16)4-5-15/h6-7H,4-5,8-9,16H2,1-3H3,(H,17,18). The molecule has 0 atom stereocenters. The van der Waals surface area contributed by atoms with Gasteiger partial charge in [-0.25, -0.2) is 0 Å². The Morgan fingerprint density at radius 3 is 2.39 bits per heavy atom. The van der Waals surface area contributed by atoms with Gasteiger partial charge < -0.3 is 11.1 Å². The van der Waals surface area contributed by atoms with Crippen LogP contribution in [-0.2, 0) is 11.3 Å². The topological polar surface area (TPSA) is 55.1 Å². The number of benzene rings is 1. The third-order valence-corrected chi connectivity index (χ3v) is 4.12. The zero-order valence-electron chi connectivity index (χ0n) is 11.5. The molecule has 0 aliphatic heterocycles. The number of aryl methyl sites for hydroxylation is 3. The van der Waals surface area contributed by atoms with Crippen molar-refractivity contribution in [2.24, 2.45) is 11.1 Å². The van der Waals surface area contributed by atoms with E-state index in [9.17, 15) is 4.79 Å². The Balaban J connectivity index is 2.02. The first-order chi connectivity index (χ1) is 8.48. The lowest BCUT2D eigenvalue weighted by Gasteiger charge is -2.15. The minimum absolute atomic E-state index is 0.114. The maximum atomic E-state index is 12.0. The summed E-state index contributed by atoms with van der Waals surface area (Å²) in [6, 6.07) is 4.33. The molecule has 0 unspecified atom stereocenters. The predicted molar refractivity (Wildman–Crippen MR) is 73.2 cm³/mol. The molecule has 3 heteroatoms. The van der Waals surface area contributed by atoms with Crippen LogP contribution in [0.2, 0.25) is 0 Å². The molecule has 1 amide bonds. The highest BCUT2D eigenvalue weighted by Crippen LogP contribution is 2.44. The van der Waals surface area contributed by atoms with Crippen LogP contribution in [0.4, 0.5) is 0 Å². The van der Waals surface area contributed by atoms with E-state index < -0.39 is 0 Å². The number of amides is 1. The zero-order valence-corrected chi connectivity index (χ0v) is 11.5. The van der Waals surface area contributed by atoms with Crippen LogP contribution in [0.3, 0.4) is 0 Å². The lowest BCUT2D eigenvalue weighted by Crippen LogP contribution is -2.36. The lowest BCUT2D eigenvalue weighted by atomic mass is 10.0. The fourth-order valence-electron chi connectivity index (χ4n) is 2.25. The molecule has 0 aromatic heterocycles. The summed E-state index contributed by atoms with van der Waals surface area (Å²) in [4.78, 5) is 12.0. The van der Waals surface area contributed by atoms with E-state index in [-0.39, 0.29) is 11.3 Å². The van der Waals surface area contributed by atoms with Crippen LogP contribution in [-0.4, -0.2) is 12.5 Å². The van der Waals surface area contributed by atoms with E-state index in [1.54, 1.807) is 0 Å². The summed E-state index contributed by atoms with van der Waals surface area (Å²) >= 11 is 0. The van der Waals surface area contributed by atoms with Crippen molar-refractivity contribution in [3.63, 3.8) is 0 Å². The first-order valence-electron chi connectivity index (χ1n) is 6.53. The summed E-state index contributed by atoms with van der Waals surface area (Å²) in [5.74, 6) is 0.114. The Morgan fingerprint density at radius 2 is 1.83 bits per heavy atom. The Labute approximate surface area is 109 Å². The highest BCUT2D eigenvalue weighted by atomic mass is 16.2. The summed E-state index contributed by atoms with van der Waals surface area (Å²) in [6.45, 7) is 7.36. The Bertz CT molecular complexity index is 476. The third-order valence-electron chi connectivity index (χ3n) is 4.12. The second kappa shape index (κ2) is 4.73. The Kier molecular flexibility index (Phi) is 3.44. The van der Waals surface area contributed by atoms with Gasteiger partial charge in [0.1, 0.15) is 0 Å². The third kappa shape index (κ3) is 2.41. The van der Waals surface area contributed by atoms with Crippen molar-refractivity contribution in [2.45, 2.75) is 40.2 Å². The molecule has 0 saturated heterocycles. The summed E-state index contributed by atoms with van der Waals surface area (Å²) in [5, 5.41) is 3.02. The lowest BCUT2D eigenvalue weighted by molar-refractivity contribution is -0.126. The summed E-state index contributed by atoms with van der Waals surface area (Å²) in [7, 11) is 0. The van der Waals surface area contributed by atoms with Crippen molar-refractivity contribution in [2.75, 3.05) is 6.54 Å². The molecule has 1 aliphatic rings. The fraction of sp³-hybridized carbons (Fsp3) is 0.533. The molecule has 98 valence electrons. The normalized spacial score (nSPS) is 16.4. The highest BCUT2D eigenvalue weighted by molar-refractivity contribution is 5.85. The van der Waals surface area contributed by atoms with Gasteiger partial charge in [0.15, 0.2) is 0 Å². The van der Waals surface area contributed by atoms with Gasteiger partial charge in [0, 0.05) is 13.1 Å². The molecule has 0 radical (unpaired) electrons. The highest BCUT2D eigenvalue weighted by Gasteiger charge is 2.48. The molecular formula is C15H22N2O. The number of carbonyl (C=O) groups excluding carboxylic acids is 1. The van der Waals surface area contributed by atoms with Crippen molar-refractivity contribution >= 4 is 5.91 Å². The monoisotopic (exact) mass is 246 g/mol. The van der Waals surface area contributed by atoms with Crippen LogP contribution < -0.4 is 11.1 Å². The summed E-state index contributed by atoms with van der Waals surface area (Å²) in [6.07, 6.45) is 1.86. The van der Waals surface area contributed by atoms with Gasteiger partial charge in [-0.3, -0.25) is 4.79 Å². The van der Waals surface area contributed by atoms with E-state index in [1.807, 2.05) is 0 Å². The van der Waals surface area contributed by atoms with Gasteiger partial charge in [0.05, 0.1) is 5.41 Å². The number of hydrogen-bond acceptors (Lipinski definition) is 2. The number of nitrogens with two attached hydrogens (primary N) is 1. The van der Waals surface area contributed by atoms with Gasteiger partial charge in [0.25, 0.3) is 0 Å². The van der Waals surface area contributed by atoms with Gasteiger partial charge in [0.2, 0.25) is 5.91 Å². The van der Waals surface area contributed by atoms with Crippen molar-refractivity contribution in [3.8, 4) is 0 Å². The van der Waals surface area contributed by atoms with Crippen LogP contribution in [0, 0.1) is 26.2 Å². The molecule has 1 aliphatic carbocycles. The van der Waals surface area contributed by atoms with Crippen LogP contribution in [0.1, 0.15) is 35.1 Å². The van der Waals surface area contributed by atoms with E-state index in [4.69, 9.17) is 5.73 Å². The molecule has 0 spiro atoms. The molecule has 1 aromatic carbocycles. The number of nitrogens with one attached hydrogen (secondary N) is 1.